The van der Waals surface area contributed by atoms with Crippen molar-refractivity contribution in [2.45, 2.75) is 40.2 Å². The van der Waals surface area contributed by atoms with Gasteiger partial charge in [0.15, 0.2) is 5.78 Å². The molecule has 0 bridgehead atoms. The summed E-state index contributed by atoms with van der Waals surface area (Å²) in [6, 6.07) is 16.6. The van der Waals surface area contributed by atoms with Crippen LogP contribution in [0.2, 0.25) is 0 Å². The van der Waals surface area contributed by atoms with Crippen molar-refractivity contribution in [3.63, 3.8) is 0 Å². The van der Waals surface area contributed by atoms with Crippen LogP contribution in [0.25, 0.3) is 16.9 Å². The Hall–Kier alpha value is -3.61. The Bertz CT molecular complexity index is 1180. The summed E-state index contributed by atoms with van der Waals surface area (Å²) in [6.07, 6.45) is 0.981. The predicted octanol–water partition coefficient (Wildman–Crippen LogP) is 4.07. The Kier molecular flexibility index (Phi) is 7.87. The first kappa shape index (κ1) is 24.0. The van der Waals surface area contributed by atoms with E-state index in [2.05, 4.69) is 5.32 Å². The lowest BCUT2D eigenvalue weighted by atomic mass is 10.1. The maximum absolute atomic E-state index is 13.7. The Morgan fingerprint density at radius 2 is 1.70 bits per heavy atom. The van der Waals surface area contributed by atoms with E-state index in [1.54, 1.807) is 23.8 Å². The molecule has 0 aliphatic carbocycles. The zero-order valence-electron chi connectivity index (χ0n) is 19.6. The fraction of sp³-hybridized carbons (Fsp3) is 0.346. The maximum atomic E-state index is 13.7. The van der Waals surface area contributed by atoms with Crippen molar-refractivity contribution in [2.24, 2.45) is 5.92 Å². The summed E-state index contributed by atoms with van der Waals surface area (Å²) >= 11 is 0. The number of nitrogens with one attached hydrogen (secondary N) is 1. The molecule has 0 aliphatic heterocycles. The molecular formula is C26H31N3O4. The van der Waals surface area contributed by atoms with Crippen molar-refractivity contribution in [1.29, 1.82) is 0 Å². The fourth-order valence-corrected chi connectivity index (χ4v) is 3.92. The summed E-state index contributed by atoms with van der Waals surface area (Å²) in [6.45, 7) is 6.18. The Morgan fingerprint density at radius 3 is 2.33 bits per heavy atom. The van der Waals surface area contributed by atoms with Crippen LogP contribution in [0.15, 0.2) is 59.4 Å². The van der Waals surface area contributed by atoms with Gasteiger partial charge in [-0.3, -0.25) is 18.7 Å². The van der Waals surface area contributed by atoms with Gasteiger partial charge in [0.05, 0.1) is 18.5 Å². The quantitative estimate of drug-likeness (QED) is 0.374. The molecule has 2 aromatic carbocycles. The van der Waals surface area contributed by atoms with Gasteiger partial charge in [-0.1, -0.05) is 56.3 Å². The van der Waals surface area contributed by atoms with Crippen molar-refractivity contribution in [1.82, 2.24) is 14.5 Å². The molecule has 33 heavy (non-hydrogen) atoms. The summed E-state index contributed by atoms with van der Waals surface area (Å²) < 4.78 is 8.56. The number of Topliss-reactive ketones (excluding diaryl/α,β-unsaturated/α-hetero) is 1. The van der Waals surface area contributed by atoms with Gasteiger partial charge in [0.2, 0.25) is 5.91 Å². The number of aromatic nitrogens is 2. The number of ether oxygens (including phenoxy) is 1. The van der Waals surface area contributed by atoms with Crippen LogP contribution < -0.4 is 15.7 Å². The highest BCUT2D eigenvalue weighted by molar-refractivity contribution is 5.99. The number of carbonyl (C=O) groups is 2. The first-order valence-corrected chi connectivity index (χ1v) is 11.2. The van der Waals surface area contributed by atoms with Gasteiger partial charge in [-0.2, -0.15) is 0 Å². The molecule has 0 radical (unpaired) electrons. The van der Waals surface area contributed by atoms with E-state index in [0.29, 0.717) is 48.8 Å². The highest BCUT2D eigenvalue weighted by Crippen LogP contribution is 2.30. The lowest BCUT2D eigenvalue weighted by Gasteiger charge is -2.12. The number of nitrogens with zero attached hydrogens (tertiary/aromatic N) is 2. The summed E-state index contributed by atoms with van der Waals surface area (Å²) in [7, 11) is 1.55. The molecule has 7 heteroatoms. The van der Waals surface area contributed by atoms with Crippen LogP contribution in [-0.4, -0.2) is 34.5 Å². The summed E-state index contributed by atoms with van der Waals surface area (Å²) in [4.78, 5) is 38.4. The smallest absolute Gasteiger partial charge is 0.333 e. The fourth-order valence-electron chi connectivity index (χ4n) is 3.92. The number of imidazole rings is 1. The van der Waals surface area contributed by atoms with Crippen molar-refractivity contribution < 1.29 is 14.3 Å². The summed E-state index contributed by atoms with van der Waals surface area (Å²) in [5.41, 5.74) is 1.87. The molecule has 174 valence electrons. The molecule has 0 saturated heterocycles. The molecule has 0 atom stereocenters. The molecule has 0 saturated carbocycles. The van der Waals surface area contributed by atoms with Crippen molar-refractivity contribution in [2.75, 3.05) is 13.7 Å². The number of amides is 1. The van der Waals surface area contributed by atoms with E-state index < -0.39 is 0 Å². The molecule has 1 N–H and O–H groups in total. The van der Waals surface area contributed by atoms with Crippen LogP contribution in [-0.2, 0) is 11.3 Å². The van der Waals surface area contributed by atoms with Crippen LogP contribution in [0.3, 0.4) is 0 Å². The number of hydrogen-bond donors (Lipinski definition) is 1. The second-order valence-corrected chi connectivity index (χ2v) is 8.36. The third-order valence-electron chi connectivity index (χ3n) is 5.32. The molecule has 1 amide bonds. The standard InChI is InChI=1S/C26H31N3O4/c1-18(2)17-23(31)27-15-10-16-28-24(19(3)30)25(20-11-6-5-7-12-20)29(26(28)32)21-13-8-9-14-22(21)33-4/h5-9,11-14,18H,10,15-17H2,1-4H3,(H,27,31). The van der Waals surface area contributed by atoms with Gasteiger partial charge in [-0.05, 0) is 24.5 Å². The number of carbonyl (C=O) groups excluding carboxylic acids is 2. The molecule has 0 unspecified atom stereocenters. The molecule has 3 aromatic rings. The van der Waals surface area contributed by atoms with E-state index in [1.165, 1.54) is 11.5 Å². The maximum Gasteiger partial charge on any atom is 0.333 e. The number of ketones is 1. The molecule has 0 spiro atoms. The van der Waals surface area contributed by atoms with E-state index >= 15 is 0 Å². The average Bonchev–Trinajstić information content (AvgIpc) is 3.09. The second kappa shape index (κ2) is 10.8. The van der Waals surface area contributed by atoms with E-state index in [1.807, 2.05) is 56.3 Å². The van der Waals surface area contributed by atoms with E-state index in [4.69, 9.17) is 4.74 Å². The Labute approximate surface area is 194 Å². The van der Waals surface area contributed by atoms with E-state index in [9.17, 15) is 14.4 Å². The van der Waals surface area contributed by atoms with Crippen molar-refractivity contribution >= 4 is 11.7 Å². The van der Waals surface area contributed by atoms with E-state index in [-0.39, 0.29) is 23.3 Å². The van der Waals surface area contributed by atoms with Gasteiger partial charge in [-0.25, -0.2) is 4.79 Å². The van der Waals surface area contributed by atoms with Crippen LogP contribution >= 0.6 is 0 Å². The van der Waals surface area contributed by atoms with Crippen LogP contribution in [0.1, 0.15) is 44.1 Å². The van der Waals surface area contributed by atoms with Gasteiger partial charge in [0.25, 0.3) is 0 Å². The number of benzene rings is 2. The SMILES string of the molecule is COc1ccccc1-n1c(-c2ccccc2)c(C(C)=O)n(CCCNC(=O)CC(C)C)c1=O. The third kappa shape index (κ3) is 5.42. The summed E-state index contributed by atoms with van der Waals surface area (Å²) in [5, 5.41) is 2.89. The first-order valence-electron chi connectivity index (χ1n) is 11.2. The summed E-state index contributed by atoms with van der Waals surface area (Å²) in [5.74, 6) is 0.592. The van der Waals surface area contributed by atoms with E-state index in [0.717, 1.165) is 5.56 Å². The van der Waals surface area contributed by atoms with Crippen molar-refractivity contribution in [3.05, 3.63) is 70.8 Å². The second-order valence-electron chi connectivity index (χ2n) is 8.36. The Morgan fingerprint density at radius 1 is 1.03 bits per heavy atom. The van der Waals surface area contributed by atoms with Crippen molar-refractivity contribution in [3.8, 4) is 22.7 Å². The van der Waals surface area contributed by atoms with Crippen LogP contribution in [0, 0.1) is 5.92 Å². The lowest BCUT2D eigenvalue weighted by molar-refractivity contribution is -0.121. The number of methoxy groups -OCH3 is 1. The predicted molar refractivity (Wildman–Crippen MR) is 129 cm³/mol. The average molecular weight is 450 g/mol. The minimum Gasteiger partial charge on any atom is -0.495 e. The lowest BCUT2D eigenvalue weighted by Crippen LogP contribution is -2.29. The van der Waals surface area contributed by atoms with Gasteiger partial charge in [0.1, 0.15) is 11.4 Å². The minimum atomic E-state index is -0.322. The first-order chi connectivity index (χ1) is 15.8. The molecule has 3 rings (SSSR count). The Balaban J connectivity index is 2.07. The molecule has 1 heterocycles. The zero-order chi connectivity index (χ0) is 24.0. The highest BCUT2D eigenvalue weighted by atomic mass is 16.5. The zero-order valence-corrected chi connectivity index (χ0v) is 19.6. The number of hydrogen-bond acceptors (Lipinski definition) is 4. The van der Waals surface area contributed by atoms with Gasteiger partial charge >= 0.3 is 5.69 Å². The van der Waals surface area contributed by atoms with Crippen LogP contribution in [0.5, 0.6) is 5.75 Å². The largest absolute Gasteiger partial charge is 0.495 e. The normalized spacial score (nSPS) is 10.9. The van der Waals surface area contributed by atoms with Gasteiger partial charge in [0, 0.05) is 32.0 Å². The molecular weight excluding hydrogens is 418 g/mol. The third-order valence-corrected chi connectivity index (χ3v) is 5.32. The monoisotopic (exact) mass is 449 g/mol. The topological polar surface area (TPSA) is 82.3 Å². The van der Waals surface area contributed by atoms with Gasteiger partial charge < -0.3 is 10.1 Å². The molecule has 0 fully saturated rings. The van der Waals surface area contributed by atoms with Crippen LogP contribution in [0.4, 0.5) is 0 Å². The molecule has 1 aromatic heterocycles. The molecule has 0 aliphatic rings. The number of para-hydroxylation sites is 2. The minimum absolute atomic E-state index is 0.0132. The number of rotatable bonds is 10. The highest BCUT2D eigenvalue weighted by Gasteiger charge is 2.26. The molecule has 7 nitrogen and oxygen atoms in total. The van der Waals surface area contributed by atoms with Gasteiger partial charge in [-0.15, -0.1) is 0 Å².